The van der Waals surface area contributed by atoms with Crippen LogP contribution in [0.4, 0.5) is 16.0 Å². The molecule has 1 aromatic heterocycles. The van der Waals surface area contributed by atoms with Gasteiger partial charge in [-0.05, 0) is 43.2 Å². The molecule has 0 spiro atoms. The molecule has 5 nitrogen and oxygen atoms in total. The summed E-state index contributed by atoms with van der Waals surface area (Å²) in [5.74, 6) is -0.202. The van der Waals surface area contributed by atoms with E-state index in [0.29, 0.717) is 17.7 Å². The van der Waals surface area contributed by atoms with Crippen LogP contribution in [0.3, 0.4) is 0 Å². The van der Waals surface area contributed by atoms with Gasteiger partial charge in [-0.2, -0.15) is 0 Å². The molecule has 1 heterocycles. The Labute approximate surface area is 140 Å². The fraction of sp³-hybridized carbons (Fsp3) is 0.389. The summed E-state index contributed by atoms with van der Waals surface area (Å²) in [6.07, 6.45) is 8.76. The Morgan fingerprint density at radius 2 is 1.75 bits per heavy atom. The molecular formula is C18H21FN4O. The molecule has 0 radical (unpaired) electrons. The van der Waals surface area contributed by atoms with Crippen LogP contribution < -0.4 is 10.6 Å². The lowest BCUT2D eigenvalue weighted by molar-refractivity contribution is 0.102. The molecule has 6 heteroatoms. The zero-order valence-corrected chi connectivity index (χ0v) is 13.5. The summed E-state index contributed by atoms with van der Waals surface area (Å²) in [4.78, 5) is 20.8. The highest BCUT2D eigenvalue weighted by atomic mass is 19.1. The standard InChI is InChI=1S/C18H21FN4O/c19-13-7-9-15(10-8-13)21-17(24)16-11-12-20-18(23-16)22-14-5-3-1-2-4-6-14/h7-12,14H,1-6H2,(H,21,24)(H,20,22,23). The van der Waals surface area contributed by atoms with Gasteiger partial charge in [-0.25, -0.2) is 14.4 Å². The SMILES string of the molecule is O=C(Nc1ccc(F)cc1)c1ccnc(NC2CCCCCC2)n1. The number of amides is 1. The van der Waals surface area contributed by atoms with E-state index in [1.165, 1.54) is 49.9 Å². The van der Waals surface area contributed by atoms with E-state index in [9.17, 15) is 9.18 Å². The van der Waals surface area contributed by atoms with E-state index in [1.807, 2.05) is 0 Å². The van der Waals surface area contributed by atoms with Gasteiger partial charge < -0.3 is 10.6 Å². The Kier molecular flexibility index (Phi) is 5.36. The molecule has 1 aliphatic carbocycles. The molecule has 0 saturated heterocycles. The molecule has 1 aliphatic rings. The van der Waals surface area contributed by atoms with Crippen molar-refractivity contribution in [3.8, 4) is 0 Å². The van der Waals surface area contributed by atoms with Crippen LogP contribution in [0.1, 0.15) is 49.0 Å². The topological polar surface area (TPSA) is 66.9 Å². The van der Waals surface area contributed by atoms with Crippen molar-refractivity contribution in [3.05, 3.63) is 48.0 Å². The van der Waals surface area contributed by atoms with Crippen molar-refractivity contribution in [3.63, 3.8) is 0 Å². The molecule has 1 aromatic carbocycles. The number of carbonyl (C=O) groups excluding carboxylic acids is 1. The minimum Gasteiger partial charge on any atom is -0.351 e. The molecular weight excluding hydrogens is 307 g/mol. The number of hydrogen-bond acceptors (Lipinski definition) is 4. The molecule has 2 aromatic rings. The number of anilines is 2. The monoisotopic (exact) mass is 328 g/mol. The van der Waals surface area contributed by atoms with Crippen LogP contribution in [0, 0.1) is 5.82 Å². The summed E-state index contributed by atoms with van der Waals surface area (Å²) >= 11 is 0. The second-order valence-electron chi connectivity index (χ2n) is 6.06. The number of hydrogen-bond donors (Lipinski definition) is 2. The van der Waals surface area contributed by atoms with Crippen LogP contribution in [0.5, 0.6) is 0 Å². The zero-order chi connectivity index (χ0) is 16.8. The highest BCUT2D eigenvalue weighted by Crippen LogP contribution is 2.20. The summed E-state index contributed by atoms with van der Waals surface area (Å²) in [5, 5.41) is 6.04. The maximum absolute atomic E-state index is 12.9. The van der Waals surface area contributed by atoms with Crippen LogP contribution in [-0.2, 0) is 0 Å². The number of halogens is 1. The number of aromatic nitrogens is 2. The smallest absolute Gasteiger partial charge is 0.274 e. The van der Waals surface area contributed by atoms with Crippen LogP contribution in [0.25, 0.3) is 0 Å². The third-order valence-electron chi connectivity index (χ3n) is 4.18. The molecule has 2 N–H and O–H groups in total. The van der Waals surface area contributed by atoms with Crippen LogP contribution >= 0.6 is 0 Å². The third kappa shape index (κ3) is 4.50. The van der Waals surface area contributed by atoms with Gasteiger partial charge in [-0.3, -0.25) is 4.79 Å². The van der Waals surface area contributed by atoms with Crippen molar-refractivity contribution < 1.29 is 9.18 Å². The Bertz CT molecular complexity index is 682. The van der Waals surface area contributed by atoms with Crippen molar-refractivity contribution in [2.45, 2.75) is 44.6 Å². The Morgan fingerprint density at radius 3 is 2.46 bits per heavy atom. The zero-order valence-electron chi connectivity index (χ0n) is 13.5. The average molecular weight is 328 g/mol. The van der Waals surface area contributed by atoms with Crippen LogP contribution in [-0.4, -0.2) is 21.9 Å². The molecule has 126 valence electrons. The molecule has 1 saturated carbocycles. The lowest BCUT2D eigenvalue weighted by Gasteiger charge is -2.16. The van der Waals surface area contributed by atoms with Gasteiger partial charge in [0.1, 0.15) is 11.5 Å². The first kappa shape index (κ1) is 16.4. The molecule has 0 unspecified atom stereocenters. The number of carbonyl (C=O) groups is 1. The normalized spacial score (nSPS) is 15.5. The first-order valence-electron chi connectivity index (χ1n) is 8.37. The minimum absolute atomic E-state index is 0.283. The van der Waals surface area contributed by atoms with Gasteiger partial charge in [0.25, 0.3) is 5.91 Å². The van der Waals surface area contributed by atoms with E-state index in [0.717, 1.165) is 12.8 Å². The lowest BCUT2D eigenvalue weighted by Crippen LogP contribution is -2.21. The second-order valence-corrected chi connectivity index (χ2v) is 6.06. The molecule has 0 aliphatic heterocycles. The van der Waals surface area contributed by atoms with E-state index in [-0.39, 0.29) is 17.4 Å². The third-order valence-corrected chi connectivity index (χ3v) is 4.18. The summed E-state index contributed by atoms with van der Waals surface area (Å²) < 4.78 is 12.9. The maximum atomic E-state index is 12.9. The van der Waals surface area contributed by atoms with Crippen molar-refractivity contribution in [1.29, 1.82) is 0 Å². The first-order valence-corrected chi connectivity index (χ1v) is 8.37. The van der Waals surface area contributed by atoms with Crippen molar-refractivity contribution >= 4 is 17.5 Å². The highest BCUT2D eigenvalue weighted by Gasteiger charge is 2.14. The number of nitrogens with zero attached hydrogens (tertiary/aromatic N) is 2. The van der Waals surface area contributed by atoms with Gasteiger partial charge >= 0.3 is 0 Å². The Balaban J connectivity index is 1.65. The quantitative estimate of drug-likeness (QED) is 0.833. The fourth-order valence-corrected chi connectivity index (χ4v) is 2.89. The fourth-order valence-electron chi connectivity index (χ4n) is 2.89. The van der Waals surface area contributed by atoms with Gasteiger partial charge in [0.2, 0.25) is 5.95 Å². The van der Waals surface area contributed by atoms with Crippen molar-refractivity contribution in [2.24, 2.45) is 0 Å². The second kappa shape index (κ2) is 7.86. The van der Waals surface area contributed by atoms with Gasteiger partial charge in [0.05, 0.1) is 0 Å². The number of nitrogens with one attached hydrogen (secondary N) is 2. The van der Waals surface area contributed by atoms with E-state index in [2.05, 4.69) is 20.6 Å². The van der Waals surface area contributed by atoms with Gasteiger partial charge in [0.15, 0.2) is 0 Å². The highest BCUT2D eigenvalue weighted by molar-refractivity contribution is 6.02. The molecule has 1 fully saturated rings. The van der Waals surface area contributed by atoms with E-state index in [4.69, 9.17) is 0 Å². The maximum Gasteiger partial charge on any atom is 0.274 e. The predicted molar refractivity (Wildman–Crippen MR) is 91.5 cm³/mol. The van der Waals surface area contributed by atoms with Gasteiger partial charge in [-0.15, -0.1) is 0 Å². The van der Waals surface area contributed by atoms with Crippen molar-refractivity contribution in [2.75, 3.05) is 10.6 Å². The first-order chi connectivity index (χ1) is 11.7. The lowest BCUT2D eigenvalue weighted by atomic mass is 10.1. The summed E-state index contributed by atoms with van der Waals surface area (Å²) in [6, 6.07) is 7.56. The molecule has 24 heavy (non-hydrogen) atoms. The van der Waals surface area contributed by atoms with E-state index < -0.39 is 0 Å². The minimum atomic E-state index is -0.343. The predicted octanol–water partition coefficient (Wildman–Crippen LogP) is 4.00. The Morgan fingerprint density at radius 1 is 1.04 bits per heavy atom. The van der Waals surface area contributed by atoms with Gasteiger partial charge in [-0.1, -0.05) is 25.7 Å². The summed E-state index contributed by atoms with van der Waals surface area (Å²) in [5.41, 5.74) is 0.809. The molecule has 0 bridgehead atoms. The number of rotatable bonds is 4. The van der Waals surface area contributed by atoms with E-state index in [1.54, 1.807) is 12.3 Å². The van der Waals surface area contributed by atoms with E-state index >= 15 is 0 Å². The largest absolute Gasteiger partial charge is 0.351 e. The molecule has 0 atom stereocenters. The summed E-state index contributed by atoms with van der Waals surface area (Å²) in [7, 11) is 0. The number of benzene rings is 1. The van der Waals surface area contributed by atoms with Gasteiger partial charge in [0, 0.05) is 17.9 Å². The Hall–Kier alpha value is -2.50. The molecule has 3 rings (SSSR count). The van der Waals surface area contributed by atoms with Crippen LogP contribution in [0.15, 0.2) is 36.5 Å². The average Bonchev–Trinajstić information content (AvgIpc) is 2.86. The van der Waals surface area contributed by atoms with Crippen LogP contribution in [0.2, 0.25) is 0 Å². The molecule has 1 amide bonds. The van der Waals surface area contributed by atoms with Crippen molar-refractivity contribution in [1.82, 2.24) is 9.97 Å². The summed E-state index contributed by atoms with van der Waals surface area (Å²) in [6.45, 7) is 0.